The maximum atomic E-state index is 12.8. The van der Waals surface area contributed by atoms with Crippen LogP contribution in [0.3, 0.4) is 0 Å². The van der Waals surface area contributed by atoms with Crippen LogP contribution in [0.15, 0.2) is 47.0 Å². The summed E-state index contributed by atoms with van der Waals surface area (Å²) in [7, 11) is -2.94. The van der Waals surface area contributed by atoms with Gasteiger partial charge in [-0.25, -0.2) is 9.55 Å². The normalized spacial score (nSPS) is 18.5. The monoisotopic (exact) mass is 553 g/mol. The van der Waals surface area contributed by atoms with Crippen molar-refractivity contribution in [3.8, 4) is 6.07 Å². The average molecular weight is 554 g/mol. The number of benzene rings is 1. The Bertz CT molecular complexity index is 1530. The lowest BCUT2D eigenvalue weighted by molar-refractivity contribution is -0.130. The first kappa shape index (κ1) is 28.0. The van der Waals surface area contributed by atoms with Crippen molar-refractivity contribution in [2.24, 2.45) is 0 Å². The Kier molecular flexibility index (Phi) is 8.18. The summed E-state index contributed by atoms with van der Waals surface area (Å²) in [6.07, 6.45) is 4.36. The van der Waals surface area contributed by atoms with Crippen molar-refractivity contribution in [3.05, 3.63) is 59.5 Å². The molecule has 4 rings (SSSR count). The number of pyridine rings is 1. The molecular weight excluding hydrogens is 525 g/mol. The summed E-state index contributed by atoms with van der Waals surface area (Å²) in [6.45, 7) is 3.09. The Morgan fingerprint density at radius 1 is 1.41 bits per heavy atom. The fourth-order valence-corrected chi connectivity index (χ4v) is 4.95. The molecule has 3 heterocycles. The Morgan fingerprint density at radius 2 is 2.18 bits per heavy atom. The number of furan rings is 1. The fraction of sp³-hybridized carbons (Fsp3) is 0.308. The minimum Gasteiger partial charge on any atom is -0.459 e. The van der Waals surface area contributed by atoms with Crippen LogP contribution in [0.25, 0.3) is 17.0 Å². The highest BCUT2D eigenvalue weighted by atomic mass is 31.2. The summed E-state index contributed by atoms with van der Waals surface area (Å²) >= 11 is 0. The van der Waals surface area contributed by atoms with E-state index in [1.54, 1.807) is 25.3 Å². The predicted octanol–water partition coefficient (Wildman–Crippen LogP) is 3.98. The number of carbonyl (C=O) groups excluding carboxylic acids is 2. The fourth-order valence-electron chi connectivity index (χ4n) is 3.92. The Hall–Kier alpha value is -4.01. The molecule has 0 radical (unpaired) electrons. The number of hydrogen-bond donors (Lipinski definition) is 3. The molecule has 2 aromatic heterocycles. The average Bonchev–Trinajstić information content (AvgIpc) is 3.15. The van der Waals surface area contributed by atoms with Crippen LogP contribution in [0.2, 0.25) is 0 Å². The lowest BCUT2D eigenvalue weighted by Gasteiger charge is -2.27. The van der Waals surface area contributed by atoms with Gasteiger partial charge in [-0.15, -0.1) is 0 Å². The van der Waals surface area contributed by atoms with Gasteiger partial charge in [0.25, 0.3) is 5.91 Å². The van der Waals surface area contributed by atoms with Crippen molar-refractivity contribution in [1.82, 2.24) is 9.88 Å². The van der Waals surface area contributed by atoms with E-state index in [1.807, 2.05) is 31.2 Å². The summed E-state index contributed by atoms with van der Waals surface area (Å²) in [5.74, 6) is -0.0609. The van der Waals surface area contributed by atoms with Crippen LogP contribution in [-0.4, -0.2) is 52.4 Å². The zero-order valence-electron chi connectivity index (χ0n) is 21.6. The molecule has 0 bridgehead atoms. The smallest absolute Gasteiger partial charge is 0.459 e. The SMILES string of the molecule is Cc1c(CN(C)C(=O)/C=C/c2cnc3c(c2)NC[C@@](C)(OP(=O)(O)OCCC#N)C(=O)N3)oc2ccccc12. The molecule has 3 aromatic rings. The van der Waals surface area contributed by atoms with Crippen LogP contribution in [0.1, 0.15) is 30.2 Å². The highest BCUT2D eigenvalue weighted by Gasteiger charge is 2.44. The number of rotatable bonds is 9. The number of carbonyl (C=O) groups is 2. The third kappa shape index (κ3) is 6.53. The molecule has 0 saturated heterocycles. The van der Waals surface area contributed by atoms with Crippen molar-refractivity contribution in [3.63, 3.8) is 0 Å². The maximum Gasteiger partial charge on any atom is 0.473 e. The van der Waals surface area contributed by atoms with Gasteiger partial charge in [0.05, 0.1) is 37.9 Å². The number of nitrogens with one attached hydrogen (secondary N) is 2. The molecule has 1 aliphatic heterocycles. The third-order valence-corrected chi connectivity index (χ3v) is 7.28. The van der Waals surface area contributed by atoms with Crippen molar-refractivity contribution in [1.29, 1.82) is 5.26 Å². The number of fused-ring (bicyclic) bond motifs is 2. The minimum absolute atomic E-state index is 0.113. The van der Waals surface area contributed by atoms with Crippen LogP contribution in [-0.2, 0) is 29.7 Å². The van der Waals surface area contributed by atoms with E-state index < -0.39 is 19.3 Å². The Morgan fingerprint density at radius 3 is 2.92 bits per heavy atom. The zero-order chi connectivity index (χ0) is 28.2. The molecule has 0 fully saturated rings. The van der Waals surface area contributed by atoms with E-state index >= 15 is 0 Å². The van der Waals surface area contributed by atoms with Gasteiger partial charge in [0.2, 0.25) is 5.91 Å². The molecular formula is C26H28N5O7P. The van der Waals surface area contributed by atoms with E-state index in [0.29, 0.717) is 23.6 Å². The van der Waals surface area contributed by atoms with Crippen molar-refractivity contribution in [2.75, 3.05) is 30.8 Å². The highest BCUT2D eigenvalue weighted by Crippen LogP contribution is 2.48. The summed E-state index contributed by atoms with van der Waals surface area (Å²) in [5.41, 5.74) is 0.983. The molecule has 1 unspecified atom stereocenters. The molecule has 13 heteroatoms. The van der Waals surface area contributed by atoms with Gasteiger partial charge in [-0.3, -0.25) is 18.6 Å². The van der Waals surface area contributed by atoms with Crippen LogP contribution < -0.4 is 10.6 Å². The first-order chi connectivity index (χ1) is 18.5. The number of anilines is 2. The number of para-hydroxylation sites is 1. The zero-order valence-corrected chi connectivity index (χ0v) is 22.5. The van der Waals surface area contributed by atoms with Gasteiger partial charge in [0.15, 0.2) is 11.4 Å². The molecule has 0 spiro atoms. The van der Waals surface area contributed by atoms with Crippen LogP contribution in [0.4, 0.5) is 11.5 Å². The van der Waals surface area contributed by atoms with Gasteiger partial charge in [-0.05, 0) is 37.6 Å². The van der Waals surface area contributed by atoms with E-state index in [9.17, 15) is 19.0 Å². The van der Waals surface area contributed by atoms with Gasteiger partial charge in [-0.1, -0.05) is 18.2 Å². The summed E-state index contributed by atoms with van der Waals surface area (Å²) < 4.78 is 28.1. The second kappa shape index (κ2) is 11.4. The molecule has 0 aliphatic carbocycles. The van der Waals surface area contributed by atoms with Crippen molar-refractivity contribution in [2.45, 2.75) is 32.4 Å². The largest absolute Gasteiger partial charge is 0.473 e. The summed E-state index contributed by atoms with van der Waals surface area (Å²) in [6, 6.07) is 11.1. The lowest BCUT2D eigenvalue weighted by Crippen LogP contribution is -2.46. The molecule has 3 N–H and O–H groups in total. The topological polar surface area (TPSA) is 167 Å². The summed E-state index contributed by atoms with van der Waals surface area (Å²) in [5, 5.41) is 15.1. The maximum absolute atomic E-state index is 12.8. The number of hydrogen-bond acceptors (Lipinski definition) is 9. The number of phosphoric ester groups is 1. The second-order valence-corrected chi connectivity index (χ2v) is 10.6. The quantitative estimate of drug-likeness (QED) is 0.200. The van der Waals surface area contributed by atoms with Crippen LogP contribution in [0, 0.1) is 18.3 Å². The first-order valence-corrected chi connectivity index (χ1v) is 13.5. The van der Waals surface area contributed by atoms with E-state index in [-0.39, 0.29) is 31.3 Å². The van der Waals surface area contributed by atoms with Crippen LogP contribution in [0.5, 0.6) is 0 Å². The Balaban J connectivity index is 1.41. The number of likely N-dealkylation sites (N-methyl/N-ethyl adjacent to an activating group) is 1. The van der Waals surface area contributed by atoms with E-state index in [2.05, 4.69) is 15.6 Å². The van der Waals surface area contributed by atoms with Gasteiger partial charge < -0.3 is 24.8 Å². The van der Waals surface area contributed by atoms with Crippen LogP contribution >= 0.6 is 7.82 Å². The van der Waals surface area contributed by atoms with Gasteiger partial charge in [0.1, 0.15) is 11.3 Å². The lowest BCUT2D eigenvalue weighted by atomic mass is 10.1. The van der Waals surface area contributed by atoms with Gasteiger partial charge in [0, 0.05) is 30.3 Å². The summed E-state index contributed by atoms with van der Waals surface area (Å²) in [4.78, 5) is 41.3. The number of nitrogens with zero attached hydrogens (tertiary/aromatic N) is 3. The number of aromatic nitrogens is 1. The molecule has 2 amide bonds. The van der Waals surface area contributed by atoms with Gasteiger partial charge >= 0.3 is 7.82 Å². The van der Waals surface area contributed by atoms with E-state index in [4.69, 9.17) is 18.7 Å². The number of nitriles is 1. The molecule has 39 heavy (non-hydrogen) atoms. The van der Waals surface area contributed by atoms with E-state index in [0.717, 1.165) is 16.5 Å². The predicted molar refractivity (Wildman–Crippen MR) is 143 cm³/mol. The molecule has 1 aliphatic rings. The Labute approximate surface area is 224 Å². The second-order valence-electron chi connectivity index (χ2n) is 9.18. The molecule has 12 nitrogen and oxygen atoms in total. The molecule has 0 saturated carbocycles. The molecule has 1 aromatic carbocycles. The van der Waals surface area contributed by atoms with E-state index in [1.165, 1.54) is 24.1 Å². The molecule has 2 atom stereocenters. The standard InChI is InChI=1S/C26H28N5O7P/c1-17-19-7-4-5-8-21(19)37-22(17)15-31(3)23(32)10-9-18-13-20-24(28-14-18)30-25(33)26(2,16-29-20)38-39(34,35)36-12-6-11-27/h4-5,7-10,13-14,29H,6,12,15-16H2,1-3H3,(H,34,35)(H,28,30,33)/b10-9+/t26-/m1/s1. The number of phosphoric acid groups is 1. The third-order valence-electron chi connectivity index (χ3n) is 6.14. The van der Waals surface area contributed by atoms with Crippen molar-refractivity contribution < 1.29 is 32.5 Å². The highest BCUT2D eigenvalue weighted by molar-refractivity contribution is 7.47. The van der Waals surface area contributed by atoms with Gasteiger partial charge in [-0.2, -0.15) is 5.26 Å². The number of amides is 2. The number of aryl methyl sites for hydroxylation is 1. The first-order valence-electron chi connectivity index (χ1n) is 12.0. The van der Waals surface area contributed by atoms with Crippen molar-refractivity contribution >= 4 is 48.2 Å². The minimum atomic E-state index is -4.62. The molecule has 204 valence electrons.